The van der Waals surface area contributed by atoms with Gasteiger partial charge in [0.25, 0.3) is 5.91 Å². The fraction of sp³-hybridized carbons (Fsp3) is 0.474. The number of thiazole rings is 1. The molecule has 2 aliphatic heterocycles. The minimum atomic E-state index is -0.0750. The van der Waals surface area contributed by atoms with Gasteiger partial charge in [0.1, 0.15) is 5.69 Å². The van der Waals surface area contributed by atoms with Crippen LogP contribution in [0.4, 0.5) is 0 Å². The van der Waals surface area contributed by atoms with Crippen molar-refractivity contribution in [2.24, 2.45) is 5.92 Å². The molecule has 3 heterocycles. The molecule has 0 bridgehead atoms. The molecule has 1 aromatic heterocycles. The molecule has 2 fully saturated rings. The third-order valence-corrected chi connectivity index (χ3v) is 5.68. The van der Waals surface area contributed by atoms with Crippen molar-refractivity contribution in [2.75, 3.05) is 26.3 Å². The van der Waals surface area contributed by atoms with Crippen molar-refractivity contribution in [3.63, 3.8) is 0 Å². The second kappa shape index (κ2) is 7.64. The third-order valence-electron chi connectivity index (χ3n) is 4.83. The molecule has 0 atom stereocenters. The Morgan fingerprint density at radius 1 is 1.16 bits per heavy atom. The molecule has 132 valence electrons. The Labute approximate surface area is 151 Å². The first-order valence-electron chi connectivity index (χ1n) is 8.80. The minimum Gasteiger partial charge on any atom is -0.350 e. The van der Waals surface area contributed by atoms with Gasteiger partial charge in [0, 0.05) is 30.8 Å². The van der Waals surface area contributed by atoms with Crippen molar-refractivity contribution < 1.29 is 14.3 Å². The van der Waals surface area contributed by atoms with Crippen LogP contribution in [-0.4, -0.2) is 48.4 Å². The van der Waals surface area contributed by atoms with E-state index >= 15 is 0 Å². The van der Waals surface area contributed by atoms with Crippen molar-refractivity contribution in [2.45, 2.75) is 25.6 Å². The average molecular weight is 358 g/mol. The molecular formula is C19H22N2O3S. The van der Waals surface area contributed by atoms with Crippen LogP contribution in [0.25, 0.3) is 0 Å². The summed E-state index contributed by atoms with van der Waals surface area (Å²) in [5.41, 5.74) is 1.79. The third kappa shape index (κ3) is 3.92. The highest BCUT2D eigenvalue weighted by Gasteiger charge is 2.32. The second-order valence-corrected chi connectivity index (χ2v) is 7.47. The molecule has 0 N–H and O–H groups in total. The molecule has 1 amide bonds. The maximum atomic E-state index is 12.7. The van der Waals surface area contributed by atoms with Gasteiger partial charge in [-0.15, -0.1) is 11.3 Å². The summed E-state index contributed by atoms with van der Waals surface area (Å²) in [6.45, 7) is 2.87. The summed E-state index contributed by atoms with van der Waals surface area (Å²) >= 11 is 1.56. The molecule has 4 rings (SSSR count). The number of carbonyl (C=O) groups is 1. The monoisotopic (exact) mass is 358 g/mol. The van der Waals surface area contributed by atoms with Crippen molar-refractivity contribution in [1.82, 2.24) is 9.88 Å². The summed E-state index contributed by atoms with van der Waals surface area (Å²) in [4.78, 5) is 19.2. The normalized spacial score (nSPS) is 19.4. The summed E-state index contributed by atoms with van der Waals surface area (Å²) < 4.78 is 11.2. The number of nitrogens with zero attached hydrogens (tertiary/aromatic N) is 2. The number of carbonyl (C=O) groups excluding carboxylic acids is 1. The summed E-state index contributed by atoms with van der Waals surface area (Å²) in [6, 6.07) is 10.2. The summed E-state index contributed by atoms with van der Waals surface area (Å²) in [6.07, 6.45) is 2.56. The molecule has 0 spiro atoms. The van der Waals surface area contributed by atoms with Crippen molar-refractivity contribution in [3.8, 4) is 0 Å². The van der Waals surface area contributed by atoms with E-state index in [1.54, 1.807) is 11.3 Å². The molecule has 2 aliphatic rings. The smallest absolute Gasteiger partial charge is 0.273 e. The molecule has 2 saturated heterocycles. The van der Waals surface area contributed by atoms with E-state index in [0.29, 0.717) is 24.8 Å². The van der Waals surface area contributed by atoms with Gasteiger partial charge in [-0.3, -0.25) is 4.79 Å². The molecule has 0 saturated carbocycles. The van der Waals surface area contributed by atoms with Gasteiger partial charge in [0.15, 0.2) is 6.29 Å². The SMILES string of the molecule is O=C(c1csc(Cc2ccccc2)n1)N1CCC(C2OCCO2)CC1. The summed E-state index contributed by atoms with van der Waals surface area (Å²) in [7, 11) is 0. The van der Waals surface area contributed by atoms with E-state index in [1.165, 1.54) is 5.56 Å². The molecule has 6 heteroatoms. The van der Waals surface area contributed by atoms with Crippen LogP contribution in [0.5, 0.6) is 0 Å². The highest BCUT2D eigenvalue weighted by molar-refractivity contribution is 7.09. The number of amides is 1. The first-order valence-corrected chi connectivity index (χ1v) is 9.68. The van der Waals surface area contributed by atoms with Crippen LogP contribution < -0.4 is 0 Å². The Morgan fingerprint density at radius 2 is 1.88 bits per heavy atom. The molecular weight excluding hydrogens is 336 g/mol. The van der Waals surface area contributed by atoms with Gasteiger partial charge in [-0.05, 0) is 18.4 Å². The van der Waals surface area contributed by atoms with E-state index in [2.05, 4.69) is 17.1 Å². The predicted molar refractivity (Wildman–Crippen MR) is 95.7 cm³/mol. The van der Waals surface area contributed by atoms with Crippen LogP contribution in [0.2, 0.25) is 0 Å². The lowest BCUT2D eigenvalue weighted by Gasteiger charge is -2.33. The second-order valence-electron chi connectivity index (χ2n) is 6.53. The van der Waals surface area contributed by atoms with Crippen LogP contribution in [0.3, 0.4) is 0 Å². The van der Waals surface area contributed by atoms with Gasteiger partial charge in [-0.2, -0.15) is 0 Å². The molecule has 1 aromatic carbocycles. The Hall–Kier alpha value is -1.76. The zero-order valence-electron chi connectivity index (χ0n) is 14.1. The molecule has 0 radical (unpaired) electrons. The van der Waals surface area contributed by atoms with Gasteiger partial charge in [0.2, 0.25) is 0 Å². The first-order chi connectivity index (χ1) is 12.3. The Bertz CT molecular complexity index is 704. The zero-order chi connectivity index (χ0) is 17.1. The number of benzene rings is 1. The lowest BCUT2D eigenvalue weighted by molar-refractivity contribution is -0.0956. The molecule has 0 unspecified atom stereocenters. The number of ether oxygens (including phenoxy) is 2. The van der Waals surface area contributed by atoms with Gasteiger partial charge >= 0.3 is 0 Å². The van der Waals surface area contributed by atoms with Crippen LogP contribution >= 0.6 is 11.3 Å². The van der Waals surface area contributed by atoms with E-state index in [4.69, 9.17) is 9.47 Å². The van der Waals surface area contributed by atoms with Crippen molar-refractivity contribution >= 4 is 17.2 Å². The average Bonchev–Trinajstić information content (AvgIpc) is 3.34. The Kier molecular flexibility index (Phi) is 5.10. The highest BCUT2D eigenvalue weighted by Crippen LogP contribution is 2.27. The number of aromatic nitrogens is 1. The Morgan fingerprint density at radius 3 is 2.60 bits per heavy atom. The van der Waals surface area contributed by atoms with Crippen LogP contribution in [0.15, 0.2) is 35.7 Å². The van der Waals surface area contributed by atoms with E-state index in [9.17, 15) is 4.79 Å². The number of hydrogen-bond donors (Lipinski definition) is 0. The molecule has 5 nitrogen and oxygen atoms in total. The summed E-state index contributed by atoms with van der Waals surface area (Å²) in [5, 5.41) is 2.87. The standard InChI is InChI=1S/C19H22N2O3S/c22-18(21-8-6-15(7-9-21)19-23-10-11-24-19)16-13-25-17(20-16)12-14-4-2-1-3-5-14/h1-5,13,15,19H,6-12H2. The topological polar surface area (TPSA) is 51.7 Å². The van der Waals surface area contributed by atoms with Gasteiger partial charge in [0.05, 0.1) is 18.2 Å². The quantitative estimate of drug-likeness (QED) is 0.843. The fourth-order valence-electron chi connectivity index (χ4n) is 3.45. The fourth-order valence-corrected chi connectivity index (χ4v) is 4.25. The van der Waals surface area contributed by atoms with Crippen LogP contribution in [0, 0.1) is 5.92 Å². The predicted octanol–water partition coefficient (Wildman–Crippen LogP) is 2.96. The van der Waals surface area contributed by atoms with E-state index in [0.717, 1.165) is 37.4 Å². The van der Waals surface area contributed by atoms with Crippen LogP contribution in [0.1, 0.15) is 33.9 Å². The number of likely N-dealkylation sites (tertiary alicyclic amines) is 1. The van der Waals surface area contributed by atoms with E-state index in [1.807, 2.05) is 28.5 Å². The number of hydrogen-bond acceptors (Lipinski definition) is 5. The van der Waals surface area contributed by atoms with Crippen molar-refractivity contribution in [3.05, 3.63) is 52.0 Å². The lowest BCUT2D eigenvalue weighted by atomic mass is 9.96. The number of rotatable bonds is 4. The molecule has 0 aliphatic carbocycles. The van der Waals surface area contributed by atoms with E-state index in [-0.39, 0.29) is 12.2 Å². The molecule has 25 heavy (non-hydrogen) atoms. The lowest BCUT2D eigenvalue weighted by Crippen LogP contribution is -2.41. The molecule has 2 aromatic rings. The van der Waals surface area contributed by atoms with Gasteiger partial charge in [-0.1, -0.05) is 30.3 Å². The number of piperidine rings is 1. The van der Waals surface area contributed by atoms with Gasteiger partial charge < -0.3 is 14.4 Å². The summed E-state index contributed by atoms with van der Waals surface area (Å²) in [5.74, 6) is 0.442. The largest absolute Gasteiger partial charge is 0.350 e. The maximum absolute atomic E-state index is 12.7. The highest BCUT2D eigenvalue weighted by atomic mass is 32.1. The first kappa shape index (κ1) is 16.7. The zero-order valence-corrected chi connectivity index (χ0v) is 14.9. The van der Waals surface area contributed by atoms with Gasteiger partial charge in [-0.25, -0.2) is 4.98 Å². The van der Waals surface area contributed by atoms with Crippen molar-refractivity contribution in [1.29, 1.82) is 0 Å². The minimum absolute atomic E-state index is 0.0438. The van der Waals surface area contributed by atoms with E-state index < -0.39 is 0 Å². The van der Waals surface area contributed by atoms with Crippen LogP contribution in [-0.2, 0) is 15.9 Å². The Balaban J connectivity index is 1.34. The maximum Gasteiger partial charge on any atom is 0.273 e.